The van der Waals surface area contributed by atoms with Gasteiger partial charge in [0, 0.05) is 30.8 Å². The van der Waals surface area contributed by atoms with Crippen LogP contribution >= 0.6 is 11.8 Å². The number of rotatable bonds is 8. The standard InChI is InChI=1S/C25H35N3O2S/c1-7-8-21(22(29)27-19-13-14-19)31-24-26-16(2)20(23(30)28(24)6)15-17-9-11-18(12-10-17)25(3,4)5/h9-12,19,21H,7-8,13-15H2,1-6H3,(H,27,29). The average Bonchev–Trinajstić information content (AvgIpc) is 3.52. The Morgan fingerprint density at radius 2 is 1.90 bits per heavy atom. The second-order valence-electron chi connectivity index (χ2n) is 9.62. The summed E-state index contributed by atoms with van der Waals surface area (Å²) in [5.74, 6) is 0.0595. The normalized spacial score (nSPS) is 15.0. The Morgan fingerprint density at radius 3 is 2.45 bits per heavy atom. The number of carbonyl (C=O) groups is 1. The molecule has 1 heterocycles. The zero-order valence-corrected chi connectivity index (χ0v) is 20.4. The smallest absolute Gasteiger partial charge is 0.257 e. The van der Waals surface area contributed by atoms with Gasteiger partial charge in [-0.2, -0.15) is 0 Å². The number of nitrogens with one attached hydrogen (secondary N) is 1. The van der Waals surface area contributed by atoms with Crippen molar-refractivity contribution in [2.24, 2.45) is 7.05 Å². The fraction of sp³-hybridized carbons (Fsp3) is 0.560. The minimum Gasteiger partial charge on any atom is -0.352 e. The third-order valence-electron chi connectivity index (χ3n) is 5.77. The molecule has 1 aliphatic rings. The molecule has 2 aromatic rings. The van der Waals surface area contributed by atoms with E-state index >= 15 is 0 Å². The first-order chi connectivity index (χ1) is 14.6. The first-order valence-corrected chi connectivity index (χ1v) is 12.1. The van der Waals surface area contributed by atoms with Crippen molar-refractivity contribution in [3.8, 4) is 0 Å². The second-order valence-corrected chi connectivity index (χ2v) is 10.8. The van der Waals surface area contributed by atoms with Gasteiger partial charge in [0.25, 0.3) is 5.56 Å². The van der Waals surface area contributed by atoms with E-state index in [1.165, 1.54) is 17.3 Å². The van der Waals surface area contributed by atoms with Crippen LogP contribution in [-0.4, -0.2) is 26.8 Å². The van der Waals surface area contributed by atoms with Crippen LogP contribution in [0.2, 0.25) is 0 Å². The molecule has 1 atom stereocenters. The molecule has 0 radical (unpaired) electrons. The second kappa shape index (κ2) is 9.60. The van der Waals surface area contributed by atoms with Crippen LogP contribution in [0.15, 0.2) is 34.2 Å². The molecule has 0 bridgehead atoms. The number of aromatic nitrogens is 2. The van der Waals surface area contributed by atoms with E-state index in [2.05, 4.69) is 57.3 Å². The number of amides is 1. The van der Waals surface area contributed by atoms with Crippen molar-refractivity contribution in [3.63, 3.8) is 0 Å². The average molecular weight is 442 g/mol. The quantitative estimate of drug-likeness (QED) is 0.483. The van der Waals surface area contributed by atoms with Gasteiger partial charge in [-0.15, -0.1) is 0 Å². The predicted molar refractivity (Wildman–Crippen MR) is 128 cm³/mol. The number of carbonyl (C=O) groups excluding carboxylic acids is 1. The van der Waals surface area contributed by atoms with Gasteiger partial charge in [-0.1, -0.05) is 70.1 Å². The van der Waals surface area contributed by atoms with E-state index in [1.807, 2.05) is 6.92 Å². The van der Waals surface area contributed by atoms with Gasteiger partial charge in [0.05, 0.1) is 5.25 Å². The molecule has 5 nitrogen and oxygen atoms in total. The summed E-state index contributed by atoms with van der Waals surface area (Å²) in [6.45, 7) is 10.5. The lowest BCUT2D eigenvalue weighted by molar-refractivity contribution is -0.120. The van der Waals surface area contributed by atoms with E-state index in [4.69, 9.17) is 4.98 Å². The van der Waals surface area contributed by atoms with E-state index in [-0.39, 0.29) is 22.1 Å². The first-order valence-electron chi connectivity index (χ1n) is 11.2. The van der Waals surface area contributed by atoms with Crippen LogP contribution in [0, 0.1) is 6.92 Å². The van der Waals surface area contributed by atoms with Gasteiger partial charge in [-0.25, -0.2) is 4.98 Å². The molecule has 0 aliphatic heterocycles. The van der Waals surface area contributed by atoms with Crippen LogP contribution in [0.3, 0.4) is 0 Å². The number of benzene rings is 1. The van der Waals surface area contributed by atoms with Crippen molar-refractivity contribution in [1.29, 1.82) is 0 Å². The lowest BCUT2D eigenvalue weighted by Gasteiger charge is -2.19. The summed E-state index contributed by atoms with van der Waals surface area (Å²) in [4.78, 5) is 30.5. The maximum absolute atomic E-state index is 13.1. The summed E-state index contributed by atoms with van der Waals surface area (Å²) >= 11 is 1.41. The van der Waals surface area contributed by atoms with Gasteiger partial charge in [0.2, 0.25) is 5.91 Å². The fourth-order valence-corrected chi connectivity index (χ4v) is 4.73. The molecule has 1 fully saturated rings. The Morgan fingerprint density at radius 1 is 1.26 bits per heavy atom. The Balaban J connectivity index is 1.81. The van der Waals surface area contributed by atoms with E-state index in [1.54, 1.807) is 11.6 Å². The van der Waals surface area contributed by atoms with Crippen molar-refractivity contribution in [2.75, 3.05) is 0 Å². The van der Waals surface area contributed by atoms with Gasteiger partial charge in [0.15, 0.2) is 5.16 Å². The van der Waals surface area contributed by atoms with E-state index < -0.39 is 0 Å². The zero-order chi connectivity index (χ0) is 22.8. The topological polar surface area (TPSA) is 64.0 Å². The molecule has 0 saturated heterocycles. The Kier molecular flexibility index (Phi) is 7.30. The van der Waals surface area contributed by atoms with E-state index in [0.717, 1.165) is 36.9 Å². The first kappa shape index (κ1) is 23.6. The maximum atomic E-state index is 13.1. The molecule has 1 N–H and O–H groups in total. The minimum atomic E-state index is -0.223. The number of nitrogens with zero attached hydrogens (tertiary/aromatic N) is 2. The number of aryl methyl sites for hydroxylation is 1. The molecule has 1 aromatic carbocycles. The molecule has 1 aliphatic carbocycles. The third-order valence-corrected chi connectivity index (χ3v) is 7.08. The molecule has 1 amide bonds. The van der Waals surface area contributed by atoms with Gasteiger partial charge < -0.3 is 5.32 Å². The van der Waals surface area contributed by atoms with Gasteiger partial charge in [-0.3, -0.25) is 14.2 Å². The lowest BCUT2D eigenvalue weighted by Crippen LogP contribution is -2.35. The highest BCUT2D eigenvalue weighted by molar-refractivity contribution is 8.00. The van der Waals surface area contributed by atoms with Gasteiger partial charge in [0.1, 0.15) is 0 Å². The molecule has 31 heavy (non-hydrogen) atoms. The van der Waals surface area contributed by atoms with Gasteiger partial charge >= 0.3 is 0 Å². The Bertz CT molecular complexity index is 986. The predicted octanol–water partition coefficient (Wildman–Crippen LogP) is 4.52. The van der Waals surface area contributed by atoms with Crippen molar-refractivity contribution < 1.29 is 4.79 Å². The zero-order valence-electron chi connectivity index (χ0n) is 19.6. The SMILES string of the molecule is CCCC(Sc1nc(C)c(Cc2ccc(C(C)(C)C)cc2)c(=O)n1C)C(=O)NC1CC1. The highest BCUT2D eigenvalue weighted by Crippen LogP contribution is 2.27. The van der Waals surface area contributed by atoms with Crippen LogP contribution in [-0.2, 0) is 23.7 Å². The van der Waals surface area contributed by atoms with Gasteiger partial charge in [-0.05, 0) is 42.7 Å². The summed E-state index contributed by atoms with van der Waals surface area (Å²) in [7, 11) is 1.76. The maximum Gasteiger partial charge on any atom is 0.257 e. The molecule has 3 rings (SSSR count). The van der Waals surface area contributed by atoms with Crippen LogP contribution < -0.4 is 10.9 Å². The summed E-state index contributed by atoms with van der Waals surface area (Å²) in [6, 6.07) is 8.81. The minimum absolute atomic E-state index is 0.0345. The lowest BCUT2D eigenvalue weighted by atomic mass is 9.86. The van der Waals surface area contributed by atoms with Crippen LogP contribution in [0.25, 0.3) is 0 Å². The van der Waals surface area contributed by atoms with Crippen molar-refractivity contribution in [2.45, 2.75) is 88.6 Å². The van der Waals surface area contributed by atoms with Crippen LogP contribution in [0.1, 0.15) is 75.8 Å². The summed E-state index contributed by atoms with van der Waals surface area (Å²) in [5, 5.41) is 3.48. The summed E-state index contributed by atoms with van der Waals surface area (Å²) in [5.41, 5.74) is 3.90. The van der Waals surface area contributed by atoms with E-state index in [9.17, 15) is 9.59 Å². The Hall–Kier alpha value is -2.08. The highest BCUT2D eigenvalue weighted by atomic mass is 32.2. The summed E-state index contributed by atoms with van der Waals surface area (Å²) in [6.07, 6.45) is 4.36. The third kappa shape index (κ3) is 6.00. The van der Waals surface area contributed by atoms with Crippen LogP contribution in [0.4, 0.5) is 0 Å². The molecule has 1 unspecified atom stereocenters. The molecule has 0 spiro atoms. The molecular weight excluding hydrogens is 406 g/mol. The molecular formula is C25H35N3O2S. The molecule has 1 saturated carbocycles. The molecule has 168 valence electrons. The van der Waals surface area contributed by atoms with Crippen molar-refractivity contribution in [3.05, 3.63) is 57.0 Å². The Labute approximate surface area is 190 Å². The van der Waals surface area contributed by atoms with Crippen molar-refractivity contribution >= 4 is 17.7 Å². The largest absolute Gasteiger partial charge is 0.352 e. The highest BCUT2D eigenvalue weighted by Gasteiger charge is 2.28. The molecule has 1 aromatic heterocycles. The number of thioether (sulfide) groups is 1. The van der Waals surface area contributed by atoms with Crippen molar-refractivity contribution in [1.82, 2.24) is 14.9 Å². The summed E-state index contributed by atoms with van der Waals surface area (Å²) < 4.78 is 1.60. The molecule has 6 heteroatoms. The van der Waals surface area contributed by atoms with E-state index in [0.29, 0.717) is 23.2 Å². The number of hydrogen-bond acceptors (Lipinski definition) is 4. The fourth-order valence-electron chi connectivity index (χ4n) is 3.52. The monoisotopic (exact) mass is 441 g/mol. The number of hydrogen-bond donors (Lipinski definition) is 1. The van der Waals surface area contributed by atoms with Crippen LogP contribution in [0.5, 0.6) is 0 Å².